The molecule has 1 fully saturated rings. The van der Waals surface area contributed by atoms with Crippen LogP contribution in [0.5, 0.6) is 0 Å². The second kappa shape index (κ2) is 9.07. The van der Waals surface area contributed by atoms with E-state index < -0.39 is 65.3 Å². The van der Waals surface area contributed by atoms with E-state index in [2.05, 4.69) is 10.6 Å². The van der Waals surface area contributed by atoms with E-state index in [0.717, 1.165) is 24.3 Å². The quantitative estimate of drug-likeness (QED) is 0.205. The highest BCUT2D eigenvalue weighted by molar-refractivity contribution is 8.45. The molecular weight excluding hydrogens is 643 g/mol. The first kappa shape index (κ1) is 29.6. The van der Waals surface area contributed by atoms with Crippen LogP contribution >= 0.6 is 56.6 Å². The molecule has 39 heavy (non-hydrogen) atoms. The average molecular weight is 656 g/mol. The van der Waals surface area contributed by atoms with E-state index in [1.807, 2.05) is 0 Å². The predicted octanol–water partition coefficient (Wildman–Crippen LogP) is 9.71. The summed E-state index contributed by atoms with van der Waals surface area (Å²) in [5.41, 5.74) is -1.06. The third-order valence-electron chi connectivity index (χ3n) is 5.69. The molecule has 3 aromatic carbocycles. The summed E-state index contributed by atoms with van der Waals surface area (Å²) < 4.78 is 91.8. The number of rotatable bonds is 6. The van der Waals surface area contributed by atoms with Crippen LogP contribution in [0.2, 0.25) is 10.0 Å². The number of carbonyl (C=O) groups excluding carboxylic acids is 2. The molecular formula is C23H13Cl4F7N2O2S. The first-order chi connectivity index (χ1) is 17.7. The minimum absolute atomic E-state index is 0.0392. The van der Waals surface area contributed by atoms with Gasteiger partial charge in [0.05, 0.1) is 22.2 Å². The van der Waals surface area contributed by atoms with E-state index in [0.29, 0.717) is 6.07 Å². The molecule has 1 aliphatic carbocycles. The smallest absolute Gasteiger partial charge is 0.310 e. The van der Waals surface area contributed by atoms with Gasteiger partial charge in [-0.3, -0.25) is 9.59 Å². The van der Waals surface area contributed by atoms with Crippen LogP contribution in [-0.4, -0.2) is 16.1 Å². The van der Waals surface area contributed by atoms with Gasteiger partial charge >= 0.3 is 10.2 Å². The van der Waals surface area contributed by atoms with Crippen LogP contribution in [0.1, 0.15) is 21.8 Å². The average Bonchev–Trinajstić information content (AvgIpc) is 3.37. The van der Waals surface area contributed by atoms with Crippen molar-refractivity contribution in [2.45, 2.75) is 15.1 Å². The van der Waals surface area contributed by atoms with Crippen molar-refractivity contribution < 1.29 is 37.8 Å². The van der Waals surface area contributed by atoms with Crippen molar-refractivity contribution >= 4 is 79.8 Å². The van der Waals surface area contributed by atoms with Crippen molar-refractivity contribution in [3.05, 3.63) is 87.4 Å². The maximum Gasteiger partial charge on any atom is 0.310 e. The lowest BCUT2D eigenvalue weighted by molar-refractivity contribution is -0.117. The molecule has 2 unspecified atom stereocenters. The number of nitrogens with one attached hydrogen (secondary N) is 2. The Bertz CT molecular complexity index is 1540. The largest absolute Gasteiger partial charge is 0.326 e. The van der Waals surface area contributed by atoms with Gasteiger partial charge in [-0.15, -0.1) is 23.2 Å². The molecule has 0 heterocycles. The topological polar surface area (TPSA) is 58.2 Å². The van der Waals surface area contributed by atoms with Crippen molar-refractivity contribution in [3.8, 4) is 0 Å². The first-order valence-corrected chi connectivity index (χ1v) is 13.9. The Balaban J connectivity index is 1.56. The molecule has 16 heteroatoms. The summed E-state index contributed by atoms with van der Waals surface area (Å²) in [6, 6.07) is 7.16. The van der Waals surface area contributed by atoms with Crippen LogP contribution in [0.25, 0.3) is 0 Å². The van der Waals surface area contributed by atoms with Crippen molar-refractivity contribution in [1.82, 2.24) is 0 Å². The molecule has 1 aliphatic rings. The van der Waals surface area contributed by atoms with Crippen molar-refractivity contribution in [2.75, 3.05) is 10.6 Å². The summed E-state index contributed by atoms with van der Waals surface area (Å²) in [5, 5.41) is 3.79. The fourth-order valence-electron chi connectivity index (χ4n) is 3.83. The van der Waals surface area contributed by atoms with Gasteiger partial charge in [0.25, 0.3) is 5.91 Å². The van der Waals surface area contributed by atoms with Gasteiger partial charge in [0.15, 0.2) is 0 Å². The molecule has 2 atom stereocenters. The number of anilines is 2. The van der Waals surface area contributed by atoms with Gasteiger partial charge in [0.2, 0.25) is 5.91 Å². The summed E-state index contributed by atoms with van der Waals surface area (Å²) in [6.07, 6.45) is 0. The van der Waals surface area contributed by atoms with E-state index in [-0.39, 0.29) is 34.1 Å². The maximum absolute atomic E-state index is 13.9. The molecule has 0 radical (unpaired) electrons. The van der Waals surface area contributed by atoms with E-state index in [4.69, 9.17) is 46.4 Å². The van der Waals surface area contributed by atoms with Crippen molar-refractivity contribution in [1.29, 1.82) is 0 Å². The molecule has 2 amide bonds. The number of alkyl halides is 2. The van der Waals surface area contributed by atoms with Crippen LogP contribution in [0.3, 0.4) is 0 Å². The Kier molecular flexibility index (Phi) is 6.88. The molecule has 3 aromatic rings. The van der Waals surface area contributed by atoms with Crippen LogP contribution in [0, 0.1) is 17.6 Å². The number of hydrogen-bond acceptors (Lipinski definition) is 2. The summed E-state index contributed by atoms with van der Waals surface area (Å²) in [6.45, 7) is 0. The standard InChI is InChI=1S/C23H13Cl4F7N2O2S/c24-11-5-10(6-14(7-11)39(30,31,32,33)34)19-20(23(19,26)27)22(38)35-13-2-3-16(25)15(9-13)21(37)36-18-4-1-12(28)8-17(18)29/h1-9,19-20H,(H,35,38)(H,36,37). The second-order valence-electron chi connectivity index (χ2n) is 8.58. The fourth-order valence-corrected chi connectivity index (χ4v) is 5.88. The van der Waals surface area contributed by atoms with Crippen LogP contribution in [0.15, 0.2) is 59.5 Å². The van der Waals surface area contributed by atoms with Gasteiger partial charge in [-0.25, -0.2) is 8.78 Å². The zero-order chi connectivity index (χ0) is 29.2. The maximum atomic E-state index is 13.9. The lowest BCUT2D eigenvalue weighted by Gasteiger charge is -2.40. The van der Waals surface area contributed by atoms with Crippen LogP contribution in [-0.2, 0) is 4.79 Å². The highest BCUT2D eigenvalue weighted by Crippen LogP contribution is 3.02. The van der Waals surface area contributed by atoms with E-state index in [9.17, 15) is 37.8 Å². The normalized spacial score (nSPS) is 20.0. The SMILES string of the molecule is O=C(Nc1ccc(F)cc1F)c1cc(NC(=O)C2C(c3cc(Cl)cc(S(F)(F)(F)(F)F)c3)C2(Cl)Cl)ccc1Cl. The predicted molar refractivity (Wildman–Crippen MR) is 138 cm³/mol. The molecule has 0 spiro atoms. The fraction of sp³-hybridized carbons (Fsp3) is 0.130. The zero-order valence-corrected chi connectivity index (χ0v) is 22.6. The lowest BCUT2D eigenvalue weighted by atomic mass is 10.1. The second-order valence-corrected chi connectivity index (χ2v) is 13.3. The molecule has 210 valence electrons. The Hall–Kier alpha value is -2.38. The molecule has 0 aliphatic heterocycles. The van der Waals surface area contributed by atoms with Gasteiger partial charge in [-0.2, -0.15) is 0 Å². The third kappa shape index (κ3) is 6.35. The van der Waals surface area contributed by atoms with Gasteiger partial charge in [-0.05, 0) is 54.1 Å². The molecule has 0 aromatic heterocycles. The van der Waals surface area contributed by atoms with Gasteiger partial charge in [-0.1, -0.05) is 42.6 Å². The summed E-state index contributed by atoms with van der Waals surface area (Å²) in [4.78, 5) is 23.3. The van der Waals surface area contributed by atoms with Crippen molar-refractivity contribution in [2.24, 2.45) is 5.92 Å². The van der Waals surface area contributed by atoms with Gasteiger partial charge < -0.3 is 10.6 Å². The number of hydrogen-bond donors (Lipinski definition) is 2. The third-order valence-corrected chi connectivity index (χ3v) is 8.31. The number of amides is 2. The summed E-state index contributed by atoms with van der Waals surface area (Å²) in [7, 11) is -10.1. The highest BCUT2D eigenvalue weighted by Gasteiger charge is 2.69. The first-order valence-electron chi connectivity index (χ1n) is 10.5. The van der Waals surface area contributed by atoms with Gasteiger partial charge in [0.1, 0.15) is 20.9 Å². The molecule has 4 rings (SSSR count). The number of benzene rings is 3. The number of halogens is 11. The minimum atomic E-state index is -10.1. The van der Waals surface area contributed by atoms with Crippen molar-refractivity contribution in [3.63, 3.8) is 0 Å². The van der Waals surface area contributed by atoms with Gasteiger partial charge in [0, 0.05) is 22.7 Å². The van der Waals surface area contributed by atoms with E-state index in [1.165, 1.54) is 12.1 Å². The Morgan fingerprint density at radius 1 is 0.846 bits per heavy atom. The highest BCUT2D eigenvalue weighted by atomic mass is 35.5. The monoisotopic (exact) mass is 654 g/mol. The lowest BCUT2D eigenvalue weighted by Crippen LogP contribution is -2.18. The molecule has 2 N–H and O–H groups in total. The molecule has 0 bridgehead atoms. The Morgan fingerprint density at radius 3 is 2.13 bits per heavy atom. The Labute approximate surface area is 236 Å². The van der Waals surface area contributed by atoms with E-state index >= 15 is 0 Å². The van der Waals surface area contributed by atoms with Crippen LogP contribution < -0.4 is 10.6 Å². The zero-order valence-electron chi connectivity index (χ0n) is 18.7. The molecule has 4 nitrogen and oxygen atoms in total. The Morgan fingerprint density at radius 2 is 1.51 bits per heavy atom. The summed E-state index contributed by atoms with van der Waals surface area (Å²) >= 11 is 24.0. The summed E-state index contributed by atoms with van der Waals surface area (Å²) in [5.74, 6) is -6.50. The van der Waals surface area contributed by atoms with E-state index in [1.54, 1.807) is 0 Å². The number of carbonyl (C=O) groups is 2. The molecule has 0 saturated heterocycles. The minimum Gasteiger partial charge on any atom is -0.326 e. The van der Waals surface area contributed by atoms with Crippen LogP contribution in [0.4, 0.5) is 39.6 Å². The molecule has 1 saturated carbocycles.